The third-order valence-electron chi connectivity index (χ3n) is 5.01. The predicted octanol–water partition coefficient (Wildman–Crippen LogP) is 3.17. The largest absolute Gasteiger partial charge is 0.497 e. The maximum atomic E-state index is 5.36. The number of fused-ring (bicyclic) bond motifs is 2. The molecule has 0 spiro atoms. The Labute approximate surface area is 137 Å². The van der Waals surface area contributed by atoms with E-state index < -0.39 is 0 Å². The minimum atomic E-state index is 0.568. The van der Waals surface area contributed by atoms with E-state index in [-0.39, 0.29) is 0 Å². The van der Waals surface area contributed by atoms with E-state index in [0.29, 0.717) is 12.1 Å². The molecule has 2 saturated heterocycles. The van der Waals surface area contributed by atoms with Gasteiger partial charge in [0.1, 0.15) is 11.5 Å². The fourth-order valence-electron chi connectivity index (χ4n) is 3.88. The standard InChI is InChI=1S/C19H22N2O2/c1-22-18-7-3-5-14(10-18)20-12-17-9-16(20)13-21(17)15-6-4-8-19(11-15)23-2/h3-8,10-11,16-17H,9,12-13H2,1-2H3. The number of methoxy groups -OCH3 is 2. The monoisotopic (exact) mass is 310 g/mol. The first-order valence-corrected chi connectivity index (χ1v) is 8.10. The van der Waals surface area contributed by atoms with Crippen molar-refractivity contribution in [2.24, 2.45) is 0 Å². The molecule has 2 bridgehead atoms. The molecule has 4 nitrogen and oxygen atoms in total. The van der Waals surface area contributed by atoms with Crippen molar-refractivity contribution < 1.29 is 9.47 Å². The summed E-state index contributed by atoms with van der Waals surface area (Å²) in [7, 11) is 3.44. The number of ether oxygens (including phenoxy) is 2. The van der Waals surface area contributed by atoms with Gasteiger partial charge in [-0.2, -0.15) is 0 Å². The van der Waals surface area contributed by atoms with E-state index in [9.17, 15) is 0 Å². The Morgan fingerprint density at radius 2 is 1.26 bits per heavy atom. The molecule has 0 amide bonds. The predicted molar refractivity (Wildman–Crippen MR) is 92.9 cm³/mol. The molecule has 2 fully saturated rings. The summed E-state index contributed by atoms with van der Waals surface area (Å²) in [5, 5.41) is 0. The smallest absolute Gasteiger partial charge is 0.120 e. The van der Waals surface area contributed by atoms with Gasteiger partial charge >= 0.3 is 0 Å². The molecule has 2 aliphatic heterocycles. The zero-order chi connectivity index (χ0) is 15.8. The van der Waals surface area contributed by atoms with Crippen molar-refractivity contribution in [3.63, 3.8) is 0 Å². The Kier molecular flexibility index (Phi) is 3.52. The molecule has 4 rings (SSSR count). The quantitative estimate of drug-likeness (QED) is 0.866. The summed E-state index contributed by atoms with van der Waals surface area (Å²) in [5.41, 5.74) is 2.53. The molecule has 0 aliphatic carbocycles. The first-order valence-electron chi connectivity index (χ1n) is 8.10. The van der Waals surface area contributed by atoms with Gasteiger partial charge in [-0.3, -0.25) is 0 Å². The van der Waals surface area contributed by atoms with Crippen LogP contribution >= 0.6 is 0 Å². The van der Waals surface area contributed by atoms with Crippen LogP contribution in [-0.4, -0.2) is 39.4 Å². The zero-order valence-corrected chi connectivity index (χ0v) is 13.6. The number of hydrogen-bond donors (Lipinski definition) is 0. The van der Waals surface area contributed by atoms with Gasteiger partial charge in [-0.1, -0.05) is 12.1 Å². The average molecular weight is 310 g/mol. The first-order chi connectivity index (χ1) is 11.3. The molecular formula is C19H22N2O2. The molecule has 2 heterocycles. The van der Waals surface area contributed by atoms with Crippen LogP contribution < -0.4 is 19.3 Å². The summed E-state index contributed by atoms with van der Waals surface area (Å²) >= 11 is 0. The van der Waals surface area contributed by atoms with Crippen LogP contribution in [0.5, 0.6) is 11.5 Å². The van der Waals surface area contributed by atoms with Gasteiger partial charge in [0.05, 0.1) is 14.2 Å². The van der Waals surface area contributed by atoms with Crippen LogP contribution in [0.1, 0.15) is 6.42 Å². The van der Waals surface area contributed by atoms with Crippen LogP contribution in [0.15, 0.2) is 48.5 Å². The Bertz CT molecular complexity index is 644. The summed E-state index contributed by atoms with van der Waals surface area (Å²) in [6, 6.07) is 17.9. The van der Waals surface area contributed by atoms with Gasteiger partial charge in [-0.15, -0.1) is 0 Å². The Morgan fingerprint density at radius 3 is 1.65 bits per heavy atom. The second kappa shape index (κ2) is 5.69. The molecule has 2 aliphatic rings. The minimum Gasteiger partial charge on any atom is -0.497 e. The lowest BCUT2D eigenvalue weighted by Gasteiger charge is -2.37. The Hall–Kier alpha value is -2.36. The van der Waals surface area contributed by atoms with E-state index in [1.807, 2.05) is 12.1 Å². The van der Waals surface area contributed by atoms with Crippen molar-refractivity contribution in [2.75, 3.05) is 37.1 Å². The number of nitrogens with zero attached hydrogens (tertiary/aromatic N) is 2. The summed E-state index contributed by atoms with van der Waals surface area (Å²) in [6.45, 7) is 2.13. The van der Waals surface area contributed by atoms with Crippen LogP contribution in [-0.2, 0) is 0 Å². The van der Waals surface area contributed by atoms with Crippen molar-refractivity contribution in [2.45, 2.75) is 18.5 Å². The van der Waals surface area contributed by atoms with Gasteiger partial charge in [0.25, 0.3) is 0 Å². The highest BCUT2D eigenvalue weighted by molar-refractivity contribution is 5.59. The van der Waals surface area contributed by atoms with Crippen molar-refractivity contribution >= 4 is 11.4 Å². The molecular weight excluding hydrogens is 288 g/mol. The zero-order valence-electron chi connectivity index (χ0n) is 13.6. The lowest BCUT2D eigenvalue weighted by atomic mass is 10.2. The number of anilines is 2. The lowest BCUT2D eigenvalue weighted by molar-refractivity contribution is 0.414. The van der Waals surface area contributed by atoms with Gasteiger partial charge in [-0.25, -0.2) is 0 Å². The number of rotatable bonds is 4. The van der Waals surface area contributed by atoms with Gasteiger partial charge < -0.3 is 19.3 Å². The Balaban J connectivity index is 1.53. The molecule has 2 aromatic rings. The maximum absolute atomic E-state index is 5.36. The van der Waals surface area contributed by atoms with E-state index in [2.05, 4.69) is 46.2 Å². The highest BCUT2D eigenvalue weighted by Gasteiger charge is 2.43. The van der Waals surface area contributed by atoms with E-state index in [1.54, 1.807) is 14.2 Å². The third kappa shape index (κ3) is 2.48. The molecule has 0 N–H and O–H groups in total. The number of piperazine rings is 1. The third-order valence-corrected chi connectivity index (χ3v) is 5.01. The normalized spacial score (nSPS) is 22.5. The molecule has 4 heteroatoms. The van der Waals surface area contributed by atoms with Crippen LogP contribution in [0.3, 0.4) is 0 Å². The molecule has 0 aromatic heterocycles. The highest BCUT2D eigenvalue weighted by atomic mass is 16.5. The van der Waals surface area contributed by atoms with Crippen molar-refractivity contribution in [3.8, 4) is 11.5 Å². The van der Waals surface area contributed by atoms with E-state index in [0.717, 1.165) is 24.6 Å². The number of hydrogen-bond acceptors (Lipinski definition) is 4. The molecule has 2 unspecified atom stereocenters. The van der Waals surface area contributed by atoms with E-state index in [1.165, 1.54) is 17.8 Å². The van der Waals surface area contributed by atoms with Gasteiger partial charge in [0.2, 0.25) is 0 Å². The summed E-state index contributed by atoms with van der Waals surface area (Å²) < 4.78 is 10.7. The molecule has 23 heavy (non-hydrogen) atoms. The molecule has 0 saturated carbocycles. The fraction of sp³-hybridized carbons (Fsp3) is 0.368. The maximum Gasteiger partial charge on any atom is 0.120 e. The topological polar surface area (TPSA) is 24.9 Å². The second-order valence-corrected chi connectivity index (χ2v) is 6.25. The number of benzene rings is 2. The average Bonchev–Trinajstić information content (AvgIpc) is 3.22. The molecule has 2 aromatic carbocycles. The molecule has 0 radical (unpaired) electrons. The van der Waals surface area contributed by atoms with E-state index in [4.69, 9.17) is 9.47 Å². The Morgan fingerprint density at radius 1 is 0.783 bits per heavy atom. The van der Waals surface area contributed by atoms with Gasteiger partial charge in [0, 0.05) is 48.7 Å². The second-order valence-electron chi connectivity index (χ2n) is 6.25. The summed E-state index contributed by atoms with van der Waals surface area (Å²) in [4.78, 5) is 5.04. The van der Waals surface area contributed by atoms with Gasteiger partial charge in [0.15, 0.2) is 0 Å². The van der Waals surface area contributed by atoms with Crippen molar-refractivity contribution in [1.82, 2.24) is 0 Å². The van der Waals surface area contributed by atoms with Crippen LogP contribution in [0, 0.1) is 0 Å². The summed E-state index contributed by atoms with van der Waals surface area (Å²) in [6.07, 6.45) is 1.22. The van der Waals surface area contributed by atoms with Gasteiger partial charge in [-0.05, 0) is 30.7 Å². The lowest BCUT2D eigenvalue weighted by Crippen LogP contribution is -2.46. The fourth-order valence-corrected chi connectivity index (χ4v) is 3.88. The first kappa shape index (κ1) is 14.2. The van der Waals surface area contributed by atoms with Crippen molar-refractivity contribution in [3.05, 3.63) is 48.5 Å². The molecule has 120 valence electrons. The SMILES string of the molecule is COc1cccc(N2CC3CC2CN3c2cccc(OC)c2)c1. The van der Waals surface area contributed by atoms with Crippen molar-refractivity contribution in [1.29, 1.82) is 0 Å². The van der Waals surface area contributed by atoms with Crippen LogP contribution in [0.25, 0.3) is 0 Å². The van der Waals surface area contributed by atoms with E-state index >= 15 is 0 Å². The van der Waals surface area contributed by atoms with Crippen LogP contribution in [0.2, 0.25) is 0 Å². The summed E-state index contributed by atoms with van der Waals surface area (Å²) in [5.74, 6) is 1.85. The minimum absolute atomic E-state index is 0.568. The highest BCUT2D eigenvalue weighted by Crippen LogP contribution is 2.38. The van der Waals surface area contributed by atoms with Crippen LogP contribution in [0.4, 0.5) is 11.4 Å². The molecule has 2 atom stereocenters.